The second kappa shape index (κ2) is 9.33. The van der Waals surface area contributed by atoms with Crippen molar-refractivity contribution in [3.05, 3.63) is 34.7 Å². The molecule has 0 aromatic carbocycles. The van der Waals surface area contributed by atoms with Crippen molar-refractivity contribution in [3.8, 4) is 0 Å². The highest BCUT2D eigenvalue weighted by atomic mass is 32.1. The number of hydrogen-bond donors (Lipinski definition) is 2. The monoisotopic (exact) mass is 363 g/mol. The summed E-state index contributed by atoms with van der Waals surface area (Å²) in [4.78, 5) is 27.1. The predicted octanol–water partition coefficient (Wildman–Crippen LogP) is 1.78. The van der Waals surface area contributed by atoms with Crippen LogP contribution in [0.2, 0.25) is 0 Å². The first-order chi connectivity index (χ1) is 12.0. The van der Waals surface area contributed by atoms with Gasteiger partial charge in [0.05, 0.1) is 25.8 Å². The van der Waals surface area contributed by atoms with Gasteiger partial charge in [0.1, 0.15) is 5.82 Å². The van der Waals surface area contributed by atoms with Gasteiger partial charge in [-0.2, -0.15) is 5.10 Å². The van der Waals surface area contributed by atoms with Crippen LogP contribution in [-0.4, -0.2) is 52.2 Å². The SMILES string of the molecule is CCN(CC(=O)Nc1ccnn1Cc1cccs1)CC(=O)NC(C)C. The third-order valence-electron chi connectivity index (χ3n) is 3.50. The molecule has 0 aliphatic rings. The lowest BCUT2D eigenvalue weighted by atomic mass is 10.3. The van der Waals surface area contributed by atoms with Gasteiger partial charge in [0.2, 0.25) is 11.8 Å². The molecule has 0 spiro atoms. The number of nitrogens with zero attached hydrogens (tertiary/aromatic N) is 3. The van der Waals surface area contributed by atoms with E-state index in [2.05, 4.69) is 15.7 Å². The van der Waals surface area contributed by atoms with Crippen molar-refractivity contribution in [1.29, 1.82) is 0 Å². The Bertz CT molecular complexity index is 681. The number of rotatable bonds is 9. The zero-order valence-electron chi connectivity index (χ0n) is 14.9. The zero-order chi connectivity index (χ0) is 18.2. The molecule has 0 unspecified atom stereocenters. The van der Waals surface area contributed by atoms with Gasteiger partial charge in [-0.3, -0.25) is 14.5 Å². The highest BCUT2D eigenvalue weighted by Gasteiger charge is 2.15. The first-order valence-electron chi connectivity index (χ1n) is 8.33. The minimum Gasteiger partial charge on any atom is -0.353 e. The van der Waals surface area contributed by atoms with E-state index in [0.717, 1.165) is 0 Å². The van der Waals surface area contributed by atoms with Crippen LogP contribution >= 0.6 is 11.3 Å². The maximum atomic E-state index is 12.3. The number of carbonyl (C=O) groups excluding carboxylic acids is 2. The molecule has 0 aliphatic heterocycles. The molecule has 0 bridgehead atoms. The lowest BCUT2D eigenvalue weighted by Crippen LogP contribution is -2.43. The summed E-state index contributed by atoms with van der Waals surface area (Å²) in [5.41, 5.74) is 0. The number of anilines is 1. The molecule has 0 saturated heterocycles. The maximum Gasteiger partial charge on any atom is 0.239 e. The molecule has 0 saturated carbocycles. The molecule has 8 heteroatoms. The van der Waals surface area contributed by atoms with E-state index in [-0.39, 0.29) is 30.9 Å². The van der Waals surface area contributed by atoms with Gasteiger partial charge in [-0.25, -0.2) is 4.68 Å². The maximum absolute atomic E-state index is 12.3. The summed E-state index contributed by atoms with van der Waals surface area (Å²) in [5.74, 6) is 0.417. The molecule has 2 aromatic heterocycles. The Balaban J connectivity index is 1.89. The molecule has 0 radical (unpaired) electrons. The zero-order valence-corrected chi connectivity index (χ0v) is 15.7. The molecule has 2 aromatic rings. The van der Waals surface area contributed by atoms with Gasteiger partial charge in [-0.1, -0.05) is 13.0 Å². The molecule has 2 N–H and O–H groups in total. The Morgan fingerprint density at radius 3 is 2.68 bits per heavy atom. The molecule has 0 aliphatic carbocycles. The number of thiophene rings is 1. The summed E-state index contributed by atoms with van der Waals surface area (Å²) in [6, 6.07) is 5.88. The van der Waals surface area contributed by atoms with Gasteiger partial charge in [0, 0.05) is 17.0 Å². The minimum absolute atomic E-state index is 0.0765. The van der Waals surface area contributed by atoms with Gasteiger partial charge < -0.3 is 10.6 Å². The van der Waals surface area contributed by atoms with Crippen LogP contribution in [0.3, 0.4) is 0 Å². The van der Waals surface area contributed by atoms with E-state index in [1.54, 1.807) is 33.2 Å². The van der Waals surface area contributed by atoms with Crippen molar-refractivity contribution in [2.45, 2.75) is 33.4 Å². The van der Waals surface area contributed by atoms with E-state index in [4.69, 9.17) is 0 Å². The average molecular weight is 363 g/mol. The van der Waals surface area contributed by atoms with Crippen LogP contribution in [0.25, 0.3) is 0 Å². The van der Waals surface area contributed by atoms with E-state index in [1.165, 1.54) is 4.88 Å². The summed E-state index contributed by atoms with van der Waals surface area (Å²) in [6.45, 7) is 7.35. The number of carbonyl (C=O) groups is 2. The van der Waals surface area contributed by atoms with Gasteiger partial charge in [0.25, 0.3) is 0 Å². The molecule has 7 nitrogen and oxygen atoms in total. The number of aromatic nitrogens is 2. The number of nitrogens with one attached hydrogen (secondary N) is 2. The van der Waals surface area contributed by atoms with Crippen LogP contribution < -0.4 is 10.6 Å². The Kier molecular flexibility index (Phi) is 7.15. The Labute approximate surface area is 152 Å². The van der Waals surface area contributed by atoms with Crippen molar-refractivity contribution in [3.63, 3.8) is 0 Å². The third-order valence-corrected chi connectivity index (χ3v) is 4.36. The molecule has 2 heterocycles. The highest BCUT2D eigenvalue weighted by molar-refractivity contribution is 7.09. The number of hydrogen-bond acceptors (Lipinski definition) is 5. The molecule has 0 atom stereocenters. The largest absolute Gasteiger partial charge is 0.353 e. The summed E-state index contributed by atoms with van der Waals surface area (Å²) in [7, 11) is 0. The average Bonchev–Trinajstić information content (AvgIpc) is 3.19. The van der Waals surface area contributed by atoms with Crippen LogP contribution in [0.4, 0.5) is 5.82 Å². The van der Waals surface area contributed by atoms with Gasteiger partial charge in [-0.15, -0.1) is 11.3 Å². The first-order valence-corrected chi connectivity index (χ1v) is 9.21. The summed E-state index contributed by atoms with van der Waals surface area (Å²) in [5, 5.41) is 12.0. The van der Waals surface area contributed by atoms with Crippen molar-refractivity contribution in [2.75, 3.05) is 25.0 Å². The molecule has 25 heavy (non-hydrogen) atoms. The molecule has 2 rings (SSSR count). The standard InChI is InChI=1S/C17H25N5O2S/c1-4-21(11-16(23)19-13(2)3)12-17(24)20-15-7-8-18-22(15)10-14-6-5-9-25-14/h5-9,13H,4,10-12H2,1-3H3,(H,19,23)(H,20,24). The minimum atomic E-state index is -0.160. The summed E-state index contributed by atoms with van der Waals surface area (Å²) in [6.07, 6.45) is 1.66. The Hall–Kier alpha value is -2.19. The lowest BCUT2D eigenvalue weighted by Gasteiger charge is -2.20. The fourth-order valence-electron chi connectivity index (χ4n) is 2.35. The molecule has 2 amide bonds. The molecule has 0 fully saturated rings. The van der Waals surface area contributed by atoms with Gasteiger partial charge in [0.15, 0.2) is 0 Å². The smallest absolute Gasteiger partial charge is 0.239 e. The second-order valence-electron chi connectivity index (χ2n) is 6.03. The van der Waals surface area contributed by atoms with E-state index in [9.17, 15) is 9.59 Å². The van der Waals surface area contributed by atoms with Crippen molar-refractivity contribution < 1.29 is 9.59 Å². The normalized spacial score (nSPS) is 11.1. The van der Waals surface area contributed by atoms with Crippen LogP contribution in [0.1, 0.15) is 25.6 Å². The fourth-order valence-corrected chi connectivity index (χ4v) is 3.04. The summed E-state index contributed by atoms with van der Waals surface area (Å²) < 4.78 is 1.76. The van der Waals surface area contributed by atoms with Crippen molar-refractivity contribution in [2.24, 2.45) is 0 Å². The third kappa shape index (κ3) is 6.32. The highest BCUT2D eigenvalue weighted by Crippen LogP contribution is 2.14. The fraction of sp³-hybridized carbons (Fsp3) is 0.471. The van der Waals surface area contributed by atoms with E-state index < -0.39 is 0 Å². The first kappa shape index (κ1) is 19.1. The van der Waals surface area contributed by atoms with Crippen molar-refractivity contribution >= 4 is 29.0 Å². The van der Waals surface area contributed by atoms with Crippen LogP contribution in [0, 0.1) is 0 Å². The van der Waals surface area contributed by atoms with Crippen LogP contribution in [0.5, 0.6) is 0 Å². The molecule has 136 valence electrons. The Morgan fingerprint density at radius 2 is 2.04 bits per heavy atom. The molecular weight excluding hydrogens is 338 g/mol. The van der Waals surface area contributed by atoms with Crippen LogP contribution in [-0.2, 0) is 16.1 Å². The topological polar surface area (TPSA) is 79.3 Å². The number of likely N-dealkylation sites (N-methyl/N-ethyl adjacent to an activating group) is 1. The summed E-state index contributed by atoms with van der Waals surface area (Å²) >= 11 is 1.65. The second-order valence-corrected chi connectivity index (χ2v) is 7.06. The number of amides is 2. The predicted molar refractivity (Wildman–Crippen MR) is 99.7 cm³/mol. The van der Waals surface area contributed by atoms with Crippen molar-refractivity contribution in [1.82, 2.24) is 20.0 Å². The van der Waals surface area contributed by atoms with Crippen LogP contribution in [0.15, 0.2) is 29.8 Å². The van der Waals surface area contributed by atoms with Gasteiger partial charge in [-0.05, 0) is 31.8 Å². The van der Waals surface area contributed by atoms with Gasteiger partial charge >= 0.3 is 0 Å². The Morgan fingerprint density at radius 1 is 1.28 bits per heavy atom. The quantitative estimate of drug-likeness (QED) is 0.712. The molecular formula is C17H25N5O2S. The lowest BCUT2D eigenvalue weighted by molar-refractivity contribution is -0.123. The van der Waals surface area contributed by atoms with E-state index in [1.807, 2.05) is 38.3 Å². The van der Waals surface area contributed by atoms with E-state index >= 15 is 0 Å². The van der Waals surface area contributed by atoms with E-state index in [0.29, 0.717) is 18.9 Å².